The SMILES string of the molecule is CC(C)C[Si]12O[Si]3(/C=C/c4ccc5cccccc4-5)O[Si]4(CC(C)C)O[Si](CC(C)C)(O1)O[Si]1(CC(C)C)O[Si](CC(C)C)(O2)O[Si](CC(C)C)(O3)O[Si](CC(C)C)(O4)O1. The van der Waals surface area contributed by atoms with Gasteiger partial charge in [0.1, 0.15) is 0 Å². The van der Waals surface area contributed by atoms with Gasteiger partial charge in [-0.3, -0.25) is 0 Å². The summed E-state index contributed by atoms with van der Waals surface area (Å²) in [5.74, 6) is 0.708. The zero-order chi connectivity index (χ0) is 43.6. The van der Waals surface area contributed by atoms with Gasteiger partial charge in [-0.25, -0.2) is 0 Å². The lowest BCUT2D eigenvalue weighted by Crippen LogP contribution is -2.88. The minimum Gasteiger partial charge on any atom is -0.373 e. The average Bonchev–Trinajstić information content (AvgIpc) is 3.22. The fourth-order valence-electron chi connectivity index (χ4n) is 9.34. The fourth-order valence-corrected chi connectivity index (χ4v) is 59.8. The standard InChI is InChI=1S/C40H72O12Si8/c1-31(2)24-54-41-53(23-22-39-21-20-38-18-16-15-17-19-40(38)39)42-55(25-32(3)4)46-57(44-54,27-34(7)8)50-60(30-37(13)14)51-58(45-54,28-35(9)10)47-56(43-53,26-33(5)6)49-59(48-55,52-60)29-36(11)12/h15-23,31-37H,24-30H2,1-14H3/b23-22+. The van der Waals surface area contributed by atoms with Crippen molar-refractivity contribution in [2.75, 3.05) is 0 Å². The predicted octanol–water partition coefficient (Wildman–Crippen LogP) is 10.7. The van der Waals surface area contributed by atoms with Crippen LogP contribution in [0.15, 0.2) is 48.2 Å². The molecule has 0 aromatic rings. The molecule has 0 spiro atoms. The molecule has 0 unspecified atom stereocenters. The molecule has 0 atom stereocenters. The van der Waals surface area contributed by atoms with Crippen molar-refractivity contribution >= 4 is 76.5 Å². The first-order valence-electron chi connectivity index (χ1n) is 22.5. The number of rotatable bonds is 16. The average molecular weight is 970 g/mol. The molecule has 20 heteroatoms. The molecule has 0 N–H and O–H groups in total. The van der Waals surface area contributed by atoms with Gasteiger partial charge in [-0.1, -0.05) is 145 Å². The van der Waals surface area contributed by atoms with Crippen LogP contribution in [0.25, 0.3) is 17.2 Å². The fraction of sp³-hybridized carbons (Fsp3) is 0.700. The minimum atomic E-state index is -4.23. The van der Waals surface area contributed by atoms with E-state index in [1.165, 1.54) is 0 Å². The van der Waals surface area contributed by atoms with Crippen molar-refractivity contribution < 1.29 is 49.4 Å². The molecular weight excluding hydrogens is 897 g/mol. The highest BCUT2D eigenvalue weighted by molar-refractivity contribution is 7.04. The van der Waals surface area contributed by atoms with Crippen LogP contribution in [0.3, 0.4) is 0 Å². The van der Waals surface area contributed by atoms with E-state index >= 15 is 0 Å². The van der Waals surface area contributed by atoms with Crippen molar-refractivity contribution in [3.8, 4) is 11.1 Å². The molecule has 12 nitrogen and oxygen atoms in total. The Morgan fingerprint density at radius 3 is 0.933 bits per heavy atom. The molecule has 2 aliphatic carbocycles. The van der Waals surface area contributed by atoms with Gasteiger partial charge in [0, 0.05) is 42.3 Å². The molecule has 0 aromatic carbocycles. The zero-order valence-electron chi connectivity index (χ0n) is 38.6. The lowest BCUT2D eigenvalue weighted by Gasteiger charge is -2.63. The molecule has 0 radical (unpaired) electrons. The lowest BCUT2D eigenvalue weighted by molar-refractivity contribution is -0.0311. The predicted molar refractivity (Wildman–Crippen MR) is 249 cm³/mol. The number of hydrogen-bond donors (Lipinski definition) is 0. The van der Waals surface area contributed by atoms with Crippen LogP contribution in [0.2, 0.25) is 42.3 Å². The van der Waals surface area contributed by atoms with E-state index in [0.29, 0.717) is 42.3 Å². The normalized spacial score (nSPS) is 38.0. The van der Waals surface area contributed by atoms with Crippen LogP contribution in [-0.4, -0.2) is 70.4 Å². The van der Waals surface area contributed by atoms with Gasteiger partial charge in [-0.05, 0) is 63.8 Å². The smallest absolute Gasteiger partial charge is 0.373 e. The molecule has 6 saturated heterocycles. The summed E-state index contributed by atoms with van der Waals surface area (Å²) in [7, 11) is -32.1. The maximum Gasteiger partial charge on any atom is 0.507 e. The Morgan fingerprint density at radius 1 is 0.350 bits per heavy atom. The first kappa shape index (κ1) is 47.7. The van der Waals surface area contributed by atoms with Crippen molar-refractivity contribution in [3.05, 3.63) is 53.7 Å². The maximum absolute atomic E-state index is 7.88. The van der Waals surface area contributed by atoms with E-state index in [4.69, 9.17) is 49.4 Å². The van der Waals surface area contributed by atoms with Crippen LogP contribution in [-0.2, 0) is 49.4 Å². The Hall–Kier alpha value is -0.305. The van der Waals surface area contributed by atoms with E-state index < -0.39 is 70.4 Å². The van der Waals surface area contributed by atoms with Gasteiger partial charge >= 0.3 is 70.4 Å². The second-order valence-corrected chi connectivity index (χ2v) is 44.5. The van der Waals surface area contributed by atoms with Gasteiger partial charge in [0.2, 0.25) is 0 Å². The first-order chi connectivity index (χ1) is 28.0. The van der Waals surface area contributed by atoms with E-state index in [1.807, 2.05) is 11.8 Å². The summed E-state index contributed by atoms with van der Waals surface area (Å²) >= 11 is 0. The van der Waals surface area contributed by atoms with Crippen molar-refractivity contribution in [2.45, 2.75) is 139 Å². The highest BCUT2D eigenvalue weighted by Crippen LogP contribution is 2.55. The highest BCUT2D eigenvalue weighted by Gasteiger charge is 2.83. The number of fused-ring (bicyclic) bond motifs is 1. The van der Waals surface area contributed by atoms with Gasteiger partial charge in [0.05, 0.1) is 0 Å². The monoisotopic (exact) mass is 968 g/mol. The summed E-state index contributed by atoms with van der Waals surface area (Å²) in [6.45, 7) is 30.4. The van der Waals surface area contributed by atoms with Crippen LogP contribution in [0, 0.1) is 41.4 Å². The second kappa shape index (κ2) is 17.5. The summed E-state index contributed by atoms with van der Waals surface area (Å²) < 4.78 is 94.2. The van der Waals surface area contributed by atoms with E-state index in [1.54, 1.807) is 0 Å². The Kier molecular flexibility index (Phi) is 13.9. The van der Waals surface area contributed by atoms with E-state index in [-0.39, 0.29) is 41.4 Å². The number of hydrogen-bond acceptors (Lipinski definition) is 12. The third kappa shape index (κ3) is 10.4. The summed E-state index contributed by atoms with van der Waals surface area (Å²) in [5, 5.41) is 0. The van der Waals surface area contributed by atoms with E-state index in [2.05, 4.69) is 139 Å². The molecule has 8 aliphatic rings. The third-order valence-electron chi connectivity index (χ3n) is 10.6. The summed E-state index contributed by atoms with van der Waals surface area (Å²) in [5.41, 5.74) is 5.24. The zero-order valence-corrected chi connectivity index (χ0v) is 46.6. The van der Waals surface area contributed by atoms with E-state index in [0.717, 1.165) is 16.7 Å². The largest absolute Gasteiger partial charge is 0.507 e. The maximum atomic E-state index is 7.88. The molecule has 336 valence electrons. The summed E-state index contributed by atoms with van der Waals surface area (Å²) in [4.78, 5) is 0. The third-order valence-corrected chi connectivity index (χ3v) is 49.9. The molecule has 6 aliphatic heterocycles. The van der Waals surface area contributed by atoms with Crippen LogP contribution in [0.4, 0.5) is 0 Å². The van der Waals surface area contributed by atoms with Gasteiger partial charge in [-0.15, -0.1) is 0 Å². The summed E-state index contributed by atoms with van der Waals surface area (Å²) in [6.07, 6.45) is 2.08. The van der Waals surface area contributed by atoms with Crippen molar-refractivity contribution in [1.29, 1.82) is 0 Å². The highest BCUT2D eigenvalue weighted by atomic mass is 28.6. The molecule has 0 aromatic heterocycles. The second-order valence-electron chi connectivity index (χ2n) is 20.7. The van der Waals surface area contributed by atoms with E-state index in [9.17, 15) is 0 Å². The molecule has 60 heavy (non-hydrogen) atoms. The van der Waals surface area contributed by atoms with Gasteiger partial charge in [0.25, 0.3) is 0 Å². The molecule has 6 fully saturated rings. The van der Waals surface area contributed by atoms with Crippen molar-refractivity contribution in [2.24, 2.45) is 41.4 Å². The minimum absolute atomic E-state index is 0.0878. The van der Waals surface area contributed by atoms with Gasteiger partial charge in [0.15, 0.2) is 0 Å². The molecule has 8 bridgehead atoms. The van der Waals surface area contributed by atoms with Gasteiger partial charge < -0.3 is 49.4 Å². The Bertz CT molecular complexity index is 1660. The first-order valence-corrected chi connectivity index (χ1v) is 37.9. The van der Waals surface area contributed by atoms with Crippen molar-refractivity contribution in [3.63, 3.8) is 0 Å². The van der Waals surface area contributed by atoms with Crippen LogP contribution >= 0.6 is 0 Å². The summed E-state index contributed by atoms with van der Waals surface area (Å²) in [6, 6.07) is 17.9. The quantitative estimate of drug-likeness (QED) is 0.149. The lowest BCUT2D eigenvalue weighted by atomic mass is 10.1. The van der Waals surface area contributed by atoms with Gasteiger partial charge in [-0.2, -0.15) is 0 Å². The molecular formula is C40H72O12Si8. The Morgan fingerprint density at radius 2 is 0.633 bits per heavy atom. The molecule has 0 saturated carbocycles. The Labute approximate surface area is 369 Å². The molecule has 8 rings (SSSR count). The molecule has 6 heterocycles. The van der Waals surface area contributed by atoms with Crippen LogP contribution in [0.5, 0.6) is 0 Å². The molecule has 0 amide bonds. The van der Waals surface area contributed by atoms with Crippen LogP contribution < -0.4 is 0 Å². The van der Waals surface area contributed by atoms with Crippen LogP contribution in [0.1, 0.15) is 102 Å². The Balaban J connectivity index is 1.60. The van der Waals surface area contributed by atoms with Crippen molar-refractivity contribution in [1.82, 2.24) is 0 Å². The topological polar surface area (TPSA) is 111 Å².